The molecule has 8 nitrogen and oxygen atoms in total. The molecule has 8 heteroatoms. The van der Waals surface area contributed by atoms with Crippen molar-refractivity contribution >= 4 is 11.9 Å². The minimum Gasteiger partial charge on any atom is -0.467 e. The van der Waals surface area contributed by atoms with Crippen molar-refractivity contribution in [3.8, 4) is 5.69 Å². The first-order chi connectivity index (χ1) is 14.2. The highest BCUT2D eigenvalue weighted by Crippen LogP contribution is 2.08. The average Bonchev–Trinajstić information content (AvgIpc) is 3.45. The molecule has 1 amide bonds. The van der Waals surface area contributed by atoms with Gasteiger partial charge < -0.3 is 20.4 Å². The van der Waals surface area contributed by atoms with Gasteiger partial charge in [-0.3, -0.25) is 4.79 Å². The third-order valence-corrected chi connectivity index (χ3v) is 4.18. The van der Waals surface area contributed by atoms with E-state index in [1.165, 1.54) is 5.56 Å². The molecule has 0 radical (unpaired) electrons. The summed E-state index contributed by atoms with van der Waals surface area (Å²) >= 11 is 0. The fourth-order valence-corrected chi connectivity index (χ4v) is 2.71. The summed E-state index contributed by atoms with van der Waals surface area (Å²) in [4.78, 5) is 16.3. The van der Waals surface area contributed by atoms with E-state index in [0.717, 1.165) is 18.7 Å². The van der Waals surface area contributed by atoms with Crippen LogP contribution in [0.15, 0.2) is 70.5 Å². The van der Waals surface area contributed by atoms with Gasteiger partial charge >= 0.3 is 0 Å². The first-order valence-electron chi connectivity index (χ1n) is 9.65. The summed E-state index contributed by atoms with van der Waals surface area (Å²) in [5.41, 5.74) is 2.24. The molecule has 0 atom stereocenters. The van der Waals surface area contributed by atoms with Crippen LogP contribution in [-0.2, 0) is 17.8 Å². The van der Waals surface area contributed by atoms with E-state index in [1.807, 2.05) is 42.1 Å². The zero-order valence-corrected chi connectivity index (χ0v) is 16.5. The number of hydrogen-bond donors (Lipinski definition) is 3. The summed E-state index contributed by atoms with van der Waals surface area (Å²) in [7, 11) is 0. The molecule has 3 aromatic rings. The minimum absolute atomic E-state index is 0.0502. The standard InChI is InChI=1S/C21H26N6O2/c1-2-22-21(25-16-20(28)24-15-19-5-3-14-29-19)23-12-10-17-6-8-18(9-7-17)27-13-4-11-26-27/h3-9,11,13-14H,2,10,12,15-16H2,1H3,(H,24,28)(H2,22,23,25). The zero-order valence-electron chi connectivity index (χ0n) is 16.5. The van der Waals surface area contributed by atoms with E-state index in [9.17, 15) is 4.79 Å². The van der Waals surface area contributed by atoms with Crippen LogP contribution in [0.2, 0.25) is 0 Å². The van der Waals surface area contributed by atoms with E-state index in [2.05, 4.69) is 38.2 Å². The molecule has 0 fully saturated rings. The predicted octanol–water partition coefficient (Wildman–Crippen LogP) is 1.88. The number of benzene rings is 1. The van der Waals surface area contributed by atoms with Gasteiger partial charge in [-0.25, -0.2) is 9.67 Å². The summed E-state index contributed by atoms with van der Waals surface area (Å²) in [5, 5.41) is 13.4. The highest BCUT2D eigenvalue weighted by Gasteiger charge is 2.04. The number of guanidine groups is 1. The number of amides is 1. The van der Waals surface area contributed by atoms with Gasteiger partial charge in [-0.1, -0.05) is 12.1 Å². The molecular weight excluding hydrogens is 368 g/mol. The molecule has 3 N–H and O–H groups in total. The van der Waals surface area contributed by atoms with Gasteiger partial charge in [0.05, 0.1) is 18.5 Å². The van der Waals surface area contributed by atoms with Gasteiger partial charge in [-0.15, -0.1) is 0 Å². The molecule has 0 aliphatic rings. The summed E-state index contributed by atoms with van der Waals surface area (Å²) in [6, 6.07) is 13.8. The molecule has 0 aliphatic heterocycles. The number of rotatable bonds is 9. The predicted molar refractivity (Wildman–Crippen MR) is 112 cm³/mol. The number of carbonyl (C=O) groups is 1. The van der Waals surface area contributed by atoms with Gasteiger partial charge in [0.2, 0.25) is 5.91 Å². The Hall–Kier alpha value is -3.55. The van der Waals surface area contributed by atoms with Crippen molar-refractivity contribution in [2.24, 2.45) is 4.99 Å². The molecule has 0 unspecified atom stereocenters. The first kappa shape index (κ1) is 20.2. The summed E-state index contributed by atoms with van der Waals surface area (Å²) < 4.78 is 7.02. The van der Waals surface area contributed by atoms with Crippen molar-refractivity contribution in [1.29, 1.82) is 0 Å². The number of nitrogens with zero attached hydrogens (tertiary/aromatic N) is 3. The number of hydrogen-bond acceptors (Lipinski definition) is 4. The van der Waals surface area contributed by atoms with Crippen LogP contribution in [0.25, 0.3) is 5.69 Å². The van der Waals surface area contributed by atoms with Crippen LogP contribution in [0.1, 0.15) is 18.2 Å². The van der Waals surface area contributed by atoms with Crippen LogP contribution in [-0.4, -0.2) is 41.3 Å². The third-order valence-electron chi connectivity index (χ3n) is 4.18. The molecule has 0 saturated heterocycles. The normalized spacial score (nSPS) is 11.3. The number of furan rings is 1. The van der Waals surface area contributed by atoms with Gasteiger partial charge in [-0.2, -0.15) is 5.10 Å². The van der Waals surface area contributed by atoms with E-state index in [0.29, 0.717) is 24.8 Å². The summed E-state index contributed by atoms with van der Waals surface area (Å²) in [6.07, 6.45) is 6.10. The second kappa shape index (κ2) is 10.7. The average molecular weight is 394 g/mol. The fraction of sp³-hybridized carbons (Fsp3) is 0.286. The lowest BCUT2D eigenvalue weighted by Crippen LogP contribution is -2.39. The van der Waals surface area contributed by atoms with Crippen LogP contribution in [0.4, 0.5) is 0 Å². The molecule has 0 spiro atoms. The summed E-state index contributed by atoms with van der Waals surface area (Å²) in [5.74, 6) is 1.17. The van der Waals surface area contributed by atoms with Gasteiger partial charge in [-0.05, 0) is 49.2 Å². The molecule has 3 rings (SSSR count). The molecule has 0 saturated carbocycles. The second-order valence-electron chi connectivity index (χ2n) is 6.35. The van der Waals surface area contributed by atoms with E-state index >= 15 is 0 Å². The maximum absolute atomic E-state index is 11.9. The fourth-order valence-electron chi connectivity index (χ4n) is 2.71. The van der Waals surface area contributed by atoms with Gasteiger partial charge in [0.25, 0.3) is 0 Å². The third kappa shape index (κ3) is 6.53. The van der Waals surface area contributed by atoms with Crippen LogP contribution in [0.5, 0.6) is 0 Å². The van der Waals surface area contributed by atoms with E-state index in [4.69, 9.17) is 4.42 Å². The highest BCUT2D eigenvalue weighted by atomic mass is 16.3. The Morgan fingerprint density at radius 1 is 1.14 bits per heavy atom. The number of nitrogens with one attached hydrogen (secondary N) is 3. The first-order valence-corrected chi connectivity index (χ1v) is 9.65. The van der Waals surface area contributed by atoms with E-state index in [-0.39, 0.29) is 12.5 Å². The number of aromatic nitrogens is 2. The van der Waals surface area contributed by atoms with Crippen molar-refractivity contribution in [2.45, 2.75) is 19.9 Å². The summed E-state index contributed by atoms with van der Waals surface area (Å²) in [6.45, 7) is 3.83. The highest BCUT2D eigenvalue weighted by molar-refractivity contribution is 5.84. The zero-order chi connectivity index (χ0) is 20.3. The Balaban J connectivity index is 1.43. The van der Waals surface area contributed by atoms with E-state index < -0.39 is 0 Å². The number of aliphatic imine (C=N–C) groups is 1. The Bertz CT molecular complexity index is 886. The quantitative estimate of drug-likeness (QED) is 0.380. The SMILES string of the molecule is CCNC(=NCC(=O)NCc1ccco1)NCCc1ccc(-n2cccn2)cc1. The van der Waals surface area contributed by atoms with Crippen LogP contribution in [0, 0.1) is 0 Å². The Labute approximate surface area is 170 Å². The van der Waals surface area contributed by atoms with Crippen molar-refractivity contribution in [2.75, 3.05) is 19.6 Å². The molecule has 1 aromatic carbocycles. The Morgan fingerprint density at radius 2 is 2.00 bits per heavy atom. The van der Waals surface area contributed by atoms with Gasteiger partial charge in [0.15, 0.2) is 5.96 Å². The molecule has 2 heterocycles. The Kier molecular flexibility index (Phi) is 7.45. The lowest BCUT2D eigenvalue weighted by Gasteiger charge is -2.11. The maximum atomic E-state index is 11.9. The van der Waals surface area contributed by atoms with Crippen molar-refractivity contribution in [3.05, 3.63) is 72.4 Å². The minimum atomic E-state index is -0.159. The second-order valence-corrected chi connectivity index (χ2v) is 6.35. The smallest absolute Gasteiger partial charge is 0.242 e. The maximum Gasteiger partial charge on any atom is 0.242 e. The molecule has 0 aliphatic carbocycles. The molecule has 152 valence electrons. The molecular formula is C21H26N6O2. The van der Waals surface area contributed by atoms with Crippen molar-refractivity contribution in [1.82, 2.24) is 25.7 Å². The molecule has 0 bridgehead atoms. The van der Waals surface area contributed by atoms with Gasteiger partial charge in [0, 0.05) is 25.5 Å². The van der Waals surface area contributed by atoms with E-state index in [1.54, 1.807) is 18.5 Å². The lowest BCUT2D eigenvalue weighted by molar-refractivity contribution is -0.119. The van der Waals surface area contributed by atoms with Crippen LogP contribution < -0.4 is 16.0 Å². The van der Waals surface area contributed by atoms with Crippen LogP contribution >= 0.6 is 0 Å². The molecule has 29 heavy (non-hydrogen) atoms. The monoisotopic (exact) mass is 394 g/mol. The lowest BCUT2D eigenvalue weighted by atomic mass is 10.1. The van der Waals surface area contributed by atoms with Gasteiger partial charge in [0.1, 0.15) is 12.3 Å². The van der Waals surface area contributed by atoms with Crippen molar-refractivity contribution < 1.29 is 9.21 Å². The van der Waals surface area contributed by atoms with Crippen molar-refractivity contribution in [3.63, 3.8) is 0 Å². The largest absolute Gasteiger partial charge is 0.467 e. The molecule has 2 aromatic heterocycles. The topological polar surface area (TPSA) is 96.5 Å². The van der Waals surface area contributed by atoms with Crippen LogP contribution in [0.3, 0.4) is 0 Å². The number of carbonyl (C=O) groups excluding carboxylic acids is 1. The Morgan fingerprint density at radius 3 is 2.69 bits per heavy atom.